The molecule has 1 aliphatic heterocycles. The molecule has 0 radical (unpaired) electrons. The number of hydrogen-bond acceptors (Lipinski definition) is 5. The summed E-state index contributed by atoms with van der Waals surface area (Å²) in [6.07, 6.45) is 1.79. The van der Waals surface area contributed by atoms with E-state index >= 15 is 0 Å². The fourth-order valence-electron chi connectivity index (χ4n) is 3.75. The highest BCUT2D eigenvalue weighted by molar-refractivity contribution is 5.45. The van der Waals surface area contributed by atoms with Crippen molar-refractivity contribution in [2.75, 3.05) is 6.61 Å². The number of aliphatic hydroxyl groups is 3. The standard InChI is InChI=1S/C25H25NO4.C2H6/c26-15-20-6-5-19(24-14-22(28)13-23(16-27)30-24)12-21(20)11-18-3-1-17(2-4-18)7-8-25(29)9-10-25;1-2/h1-6,12,22-24,27-29H,9-11,13-14,16H2;1-2H3/t22-,23-,24+;/m0./s1. The van der Waals surface area contributed by atoms with E-state index in [1.54, 1.807) is 6.07 Å². The Morgan fingerprint density at radius 1 is 1.09 bits per heavy atom. The molecule has 3 atom stereocenters. The number of aliphatic hydroxyl groups excluding tert-OH is 2. The van der Waals surface area contributed by atoms with Gasteiger partial charge < -0.3 is 20.1 Å². The van der Waals surface area contributed by atoms with Crippen LogP contribution in [-0.2, 0) is 11.2 Å². The number of nitriles is 1. The van der Waals surface area contributed by atoms with Gasteiger partial charge in [0.2, 0.25) is 0 Å². The van der Waals surface area contributed by atoms with Crippen LogP contribution in [0.4, 0.5) is 0 Å². The van der Waals surface area contributed by atoms with Crippen molar-refractivity contribution < 1.29 is 20.1 Å². The zero-order valence-electron chi connectivity index (χ0n) is 18.7. The molecule has 0 amide bonds. The maximum absolute atomic E-state index is 10.1. The Hall–Kier alpha value is -2.67. The first-order chi connectivity index (χ1) is 15.5. The smallest absolute Gasteiger partial charge is 0.126 e. The predicted octanol–water partition coefficient (Wildman–Crippen LogP) is 3.62. The highest BCUT2D eigenvalue weighted by atomic mass is 16.5. The normalized spacial score (nSPS) is 23.1. The summed E-state index contributed by atoms with van der Waals surface area (Å²) in [4.78, 5) is 0. The zero-order chi connectivity index (χ0) is 23.1. The summed E-state index contributed by atoms with van der Waals surface area (Å²) >= 11 is 0. The van der Waals surface area contributed by atoms with Gasteiger partial charge in [0, 0.05) is 18.4 Å². The van der Waals surface area contributed by atoms with E-state index in [4.69, 9.17) is 4.74 Å². The lowest BCUT2D eigenvalue weighted by Crippen LogP contribution is -2.33. The van der Waals surface area contributed by atoms with Crippen LogP contribution in [-0.4, -0.2) is 39.7 Å². The second-order valence-corrected chi connectivity index (χ2v) is 8.24. The molecule has 0 spiro atoms. The predicted molar refractivity (Wildman–Crippen MR) is 123 cm³/mol. The minimum Gasteiger partial charge on any atom is -0.394 e. The fraction of sp³-hybridized carbons (Fsp3) is 0.444. The minimum absolute atomic E-state index is 0.122. The third kappa shape index (κ3) is 6.19. The van der Waals surface area contributed by atoms with Crippen molar-refractivity contribution in [3.63, 3.8) is 0 Å². The lowest BCUT2D eigenvalue weighted by atomic mass is 9.92. The highest BCUT2D eigenvalue weighted by Crippen LogP contribution is 2.34. The number of benzene rings is 2. The number of ether oxygens (including phenoxy) is 1. The summed E-state index contributed by atoms with van der Waals surface area (Å²) in [6, 6.07) is 15.7. The molecule has 0 unspecified atom stereocenters. The van der Waals surface area contributed by atoms with E-state index in [1.165, 1.54) is 0 Å². The van der Waals surface area contributed by atoms with Crippen LogP contribution in [0, 0.1) is 23.2 Å². The average molecular weight is 434 g/mol. The van der Waals surface area contributed by atoms with Gasteiger partial charge in [0.1, 0.15) is 5.60 Å². The van der Waals surface area contributed by atoms with E-state index in [9.17, 15) is 20.6 Å². The van der Waals surface area contributed by atoms with E-state index in [-0.39, 0.29) is 18.8 Å². The summed E-state index contributed by atoms with van der Waals surface area (Å²) in [7, 11) is 0. The van der Waals surface area contributed by atoms with Crippen molar-refractivity contribution >= 4 is 0 Å². The molecule has 5 heteroatoms. The number of hydrogen-bond donors (Lipinski definition) is 3. The summed E-state index contributed by atoms with van der Waals surface area (Å²) in [5.74, 6) is 5.92. The quantitative estimate of drug-likeness (QED) is 0.641. The van der Waals surface area contributed by atoms with Crippen molar-refractivity contribution in [2.24, 2.45) is 0 Å². The summed E-state index contributed by atoms with van der Waals surface area (Å²) in [6.45, 7) is 3.88. The molecule has 32 heavy (non-hydrogen) atoms. The molecule has 1 heterocycles. The van der Waals surface area contributed by atoms with E-state index < -0.39 is 11.7 Å². The Bertz CT molecular complexity index is 1010. The van der Waals surface area contributed by atoms with Gasteiger partial charge in [-0.3, -0.25) is 0 Å². The Labute approximate surface area is 190 Å². The van der Waals surface area contributed by atoms with Gasteiger partial charge in [-0.05, 0) is 54.2 Å². The van der Waals surface area contributed by atoms with Crippen molar-refractivity contribution in [1.82, 2.24) is 0 Å². The summed E-state index contributed by atoms with van der Waals surface area (Å²) < 4.78 is 5.92. The third-order valence-electron chi connectivity index (χ3n) is 5.71. The SMILES string of the molecule is CC.N#Cc1ccc([C@H]2C[C@@H](O)C[C@@H](CO)O2)cc1Cc1ccc(C#CC2(O)CC2)cc1. The summed E-state index contributed by atoms with van der Waals surface area (Å²) in [5, 5.41) is 38.9. The largest absolute Gasteiger partial charge is 0.394 e. The minimum atomic E-state index is -0.787. The van der Waals surface area contributed by atoms with Gasteiger partial charge in [0.15, 0.2) is 0 Å². The van der Waals surface area contributed by atoms with E-state index in [1.807, 2.05) is 50.2 Å². The van der Waals surface area contributed by atoms with E-state index in [0.717, 1.165) is 35.1 Å². The first kappa shape index (κ1) is 24.0. The molecule has 2 fully saturated rings. The first-order valence-corrected chi connectivity index (χ1v) is 11.3. The van der Waals surface area contributed by atoms with E-state index in [2.05, 4.69) is 17.9 Å². The maximum atomic E-state index is 10.1. The monoisotopic (exact) mass is 433 g/mol. The molecule has 1 saturated heterocycles. The first-order valence-electron chi connectivity index (χ1n) is 11.3. The van der Waals surface area contributed by atoms with Crippen LogP contribution in [0.25, 0.3) is 0 Å². The second kappa shape index (κ2) is 10.8. The van der Waals surface area contributed by atoms with Gasteiger partial charge in [0.05, 0.1) is 36.6 Å². The molecule has 1 aliphatic carbocycles. The van der Waals surface area contributed by atoms with Crippen molar-refractivity contribution in [3.8, 4) is 17.9 Å². The molecule has 0 bridgehead atoms. The topological polar surface area (TPSA) is 93.7 Å². The Balaban J connectivity index is 0.00000141. The van der Waals surface area contributed by atoms with Crippen molar-refractivity contribution in [2.45, 2.75) is 69.9 Å². The van der Waals surface area contributed by atoms with Crippen LogP contribution in [0.5, 0.6) is 0 Å². The Morgan fingerprint density at radius 3 is 2.44 bits per heavy atom. The van der Waals surface area contributed by atoms with Gasteiger partial charge in [0.25, 0.3) is 0 Å². The van der Waals surface area contributed by atoms with Gasteiger partial charge in [-0.25, -0.2) is 0 Å². The number of nitrogens with zero attached hydrogens (tertiary/aromatic N) is 1. The van der Waals surface area contributed by atoms with Crippen molar-refractivity contribution in [1.29, 1.82) is 5.26 Å². The average Bonchev–Trinajstić information content (AvgIpc) is 3.57. The third-order valence-corrected chi connectivity index (χ3v) is 5.71. The van der Waals surface area contributed by atoms with Gasteiger partial charge in [-0.15, -0.1) is 0 Å². The lowest BCUT2D eigenvalue weighted by Gasteiger charge is -2.32. The molecule has 0 aromatic heterocycles. The lowest BCUT2D eigenvalue weighted by molar-refractivity contribution is -0.113. The molecule has 2 aromatic rings. The molecule has 3 N–H and O–H groups in total. The maximum Gasteiger partial charge on any atom is 0.126 e. The molecule has 5 nitrogen and oxygen atoms in total. The Morgan fingerprint density at radius 2 is 1.81 bits per heavy atom. The molecule has 2 aliphatic rings. The molecular weight excluding hydrogens is 402 g/mol. The molecule has 2 aromatic carbocycles. The van der Waals surface area contributed by atoms with Crippen LogP contribution in [0.1, 0.15) is 73.5 Å². The summed E-state index contributed by atoms with van der Waals surface area (Å²) in [5.41, 5.74) is 3.52. The van der Waals surface area contributed by atoms with Crippen LogP contribution in [0.15, 0.2) is 42.5 Å². The Kier molecular flexibility index (Phi) is 8.07. The zero-order valence-corrected chi connectivity index (χ0v) is 18.7. The fourth-order valence-corrected chi connectivity index (χ4v) is 3.75. The van der Waals surface area contributed by atoms with E-state index in [0.29, 0.717) is 24.8 Å². The molecule has 168 valence electrons. The van der Waals surface area contributed by atoms with Crippen LogP contribution in [0.2, 0.25) is 0 Å². The van der Waals surface area contributed by atoms with Gasteiger partial charge >= 0.3 is 0 Å². The van der Waals surface area contributed by atoms with Gasteiger partial charge in [-0.1, -0.05) is 50.0 Å². The number of rotatable bonds is 4. The second-order valence-electron chi connectivity index (χ2n) is 8.24. The highest BCUT2D eigenvalue weighted by Gasteiger charge is 2.38. The molecule has 1 saturated carbocycles. The molecular formula is C27H31NO4. The van der Waals surface area contributed by atoms with Crippen LogP contribution >= 0.6 is 0 Å². The van der Waals surface area contributed by atoms with Gasteiger partial charge in [-0.2, -0.15) is 5.26 Å². The molecule has 4 rings (SSSR count). The van der Waals surface area contributed by atoms with Crippen LogP contribution in [0.3, 0.4) is 0 Å². The van der Waals surface area contributed by atoms with Crippen LogP contribution < -0.4 is 0 Å². The van der Waals surface area contributed by atoms with Crippen molar-refractivity contribution in [3.05, 3.63) is 70.3 Å².